The van der Waals surface area contributed by atoms with Crippen LogP contribution in [0.3, 0.4) is 0 Å². The predicted molar refractivity (Wildman–Crippen MR) is 64.9 cm³/mol. The number of halogens is 1. The number of benzene rings is 1. The maximum atomic E-state index is 10.9. The van der Waals surface area contributed by atoms with Gasteiger partial charge < -0.3 is 4.74 Å². The van der Waals surface area contributed by atoms with E-state index in [-0.39, 0.29) is 22.5 Å². The Morgan fingerprint density at radius 1 is 1.39 bits per heavy atom. The second-order valence-corrected chi connectivity index (χ2v) is 3.90. The van der Waals surface area contributed by atoms with Gasteiger partial charge in [-0.3, -0.25) is 15.1 Å². The molecule has 2 aromatic rings. The molecule has 0 atom stereocenters. The van der Waals surface area contributed by atoms with Crippen molar-refractivity contribution in [1.82, 2.24) is 9.97 Å². The lowest BCUT2D eigenvalue weighted by molar-refractivity contribution is -0.385. The molecule has 0 saturated heterocycles. The zero-order valence-electron chi connectivity index (χ0n) is 9.33. The van der Waals surface area contributed by atoms with Crippen molar-refractivity contribution in [3.05, 3.63) is 51.4 Å². The summed E-state index contributed by atoms with van der Waals surface area (Å²) in [7, 11) is 0. The molecule has 1 heterocycles. The van der Waals surface area contributed by atoms with Crippen molar-refractivity contribution in [1.29, 1.82) is 0 Å². The van der Waals surface area contributed by atoms with Crippen molar-refractivity contribution < 1.29 is 9.66 Å². The molecule has 1 aromatic heterocycles. The molecule has 0 aliphatic rings. The van der Waals surface area contributed by atoms with Crippen molar-refractivity contribution in [2.45, 2.75) is 6.92 Å². The second kappa shape index (κ2) is 4.97. The van der Waals surface area contributed by atoms with E-state index in [1.54, 1.807) is 13.0 Å². The molecule has 0 radical (unpaired) electrons. The van der Waals surface area contributed by atoms with Gasteiger partial charge in [-0.05, 0) is 18.6 Å². The number of aromatic nitrogens is 2. The third-order valence-electron chi connectivity index (χ3n) is 2.11. The SMILES string of the molecule is Cc1ccc(Oc2cncc(Cl)n2)c([N+](=O)[O-])c1. The molecule has 92 valence electrons. The van der Waals surface area contributed by atoms with Crippen molar-refractivity contribution in [3.8, 4) is 11.6 Å². The van der Waals surface area contributed by atoms with Gasteiger partial charge in [-0.2, -0.15) is 4.98 Å². The summed E-state index contributed by atoms with van der Waals surface area (Å²) in [6, 6.07) is 4.64. The highest BCUT2D eigenvalue weighted by Crippen LogP contribution is 2.31. The van der Waals surface area contributed by atoms with E-state index in [1.165, 1.54) is 24.5 Å². The molecule has 0 N–H and O–H groups in total. The summed E-state index contributed by atoms with van der Waals surface area (Å²) in [4.78, 5) is 18.0. The van der Waals surface area contributed by atoms with E-state index in [1.807, 2.05) is 0 Å². The van der Waals surface area contributed by atoms with E-state index < -0.39 is 4.92 Å². The van der Waals surface area contributed by atoms with Gasteiger partial charge in [-0.15, -0.1) is 0 Å². The first-order valence-corrected chi connectivity index (χ1v) is 5.34. The highest BCUT2D eigenvalue weighted by molar-refractivity contribution is 6.29. The third-order valence-corrected chi connectivity index (χ3v) is 2.29. The van der Waals surface area contributed by atoms with Crippen LogP contribution in [0.5, 0.6) is 11.6 Å². The Balaban J connectivity index is 2.37. The van der Waals surface area contributed by atoms with Crippen LogP contribution in [0.4, 0.5) is 5.69 Å². The van der Waals surface area contributed by atoms with Crippen LogP contribution >= 0.6 is 11.6 Å². The van der Waals surface area contributed by atoms with Gasteiger partial charge in [0.2, 0.25) is 11.6 Å². The highest BCUT2D eigenvalue weighted by Gasteiger charge is 2.16. The van der Waals surface area contributed by atoms with E-state index in [2.05, 4.69) is 9.97 Å². The van der Waals surface area contributed by atoms with E-state index in [9.17, 15) is 10.1 Å². The van der Waals surface area contributed by atoms with Crippen molar-refractivity contribution in [2.75, 3.05) is 0 Å². The van der Waals surface area contributed by atoms with Crippen LogP contribution in [0.15, 0.2) is 30.6 Å². The molecule has 0 aliphatic carbocycles. The van der Waals surface area contributed by atoms with Crippen molar-refractivity contribution >= 4 is 17.3 Å². The Hall–Kier alpha value is -2.21. The summed E-state index contributed by atoms with van der Waals surface area (Å²) < 4.78 is 5.31. The summed E-state index contributed by atoms with van der Waals surface area (Å²) in [6.07, 6.45) is 2.67. The molecule has 0 spiro atoms. The Bertz CT molecular complexity index is 604. The Morgan fingerprint density at radius 3 is 2.83 bits per heavy atom. The normalized spacial score (nSPS) is 10.1. The molecule has 7 heteroatoms. The maximum absolute atomic E-state index is 10.9. The zero-order valence-corrected chi connectivity index (χ0v) is 10.1. The summed E-state index contributed by atoms with van der Waals surface area (Å²) in [6.45, 7) is 1.76. The average molecular weight is 266 g/mol. The van der Waals surface area contributed by atoms with E-state index in [4.69, 9.17) is 16.3 Å². The summed E-state index contributed by atoms with van der Waals surface area (Å²) in [5.41, 5.74) is 0.642. The number of nitrogens with zero attached hydrogens (tertiary/aromatic N) is 3. The van der Waals surface area contributed by atoms with E-state index in [0.717, 1.165) is 5.56 Å². The number of hydrogen-bond acceptors (Lipinski definition) is 5. The van der Waals surface area contributed by atoms with Crippen LogP contribution in [-0.2, 0) is 0 Å². The minimum atomic E-state index is -0.514. The van der Waals surface area contributed by atoms with Gasteiger partial charge in [0, 0.05) is 6.07 Å². The molecule has 6 nitrogen and oxygen atoms in total. The summed E-state index contributed by atoms with van der Waals surface area (Å²) >= 11 is 5.65. The van der Waals surface area contributed by atoms with Gasteiger partial charge in [0.1, 0.15) is 0 Å². The molecule has 1 aromatic carbocycles. The van der Waals surface area contributed by atoms with Crippen molar-refractivity contribution in [3.63, 3.8) is 0 Å². The summed E-state index contributed by atoms with van der Waals surface area (Å²) in [5.74, 6) is 0.205. The second-order valence-electron chi connectivity index (χ2n) is 3.51. The third kappa shape index (κ3) is 2.72. The molecule has 18 heavy (non-hydrogen) atoms. The molecule has 0 aliphatic heterocycles. The number of aryl methyl sites for hydroxylation is 1. The number of hydrogen-bond donors (Lipinski definition) is 0. The zero-order chi connectivity index (χ0) is 13.1. The molecular weight excluding hydrogens is 258 g/mol. The Morgan fingerprint density at radius 2 is 2.17 bits per heavy atom. The van der Waals surface area contributed by atoms with Gasteiger partial charge >= 0.3 is 5.69 Å². The van der Waals surface area contributed by atoms with Crippen LogP contribution in [-0.4, -0.2) is 14.9 Å². The Labute approximate surface area is 107 Å². The summed E-state index contributed by atoms with van der Waals surface area (Å²) in [5, 5.41) is 11.0. The highest BCUT2D eigenvalue weighted by atomic mass is 35.5. The van der Waals surface area contributed by atoms with E-state index >= 15 is 0 Å². The minimum Gasteiger partial charge on any atom is -0.430 e. The smallest absolute Gasteiger partial charge is 0.311 e. The molecule has 2 rings (SSSR count). The van der Waals surface area contributed by atoms with Crippen molar-refractivity contribution in [2.24, 2.45) is 0 Å². The van der Waals surface area contributed by atoms with Crippen LogP contribution in [0, 0.1) is 17.0 Å². The first-order valence-electron chi connectivity index (χ1n) is 4.96. The van der Waals surface area contributed by atoms with Gasteiger partial charge in [-0.25, -0.2) is 0 Å². The lowest BCUT2D eigenvalue weighted by Crippen LogP contribution is -1.95. The van der Waals surface area contributed by atoms with Gasteiger partial charge in [0.25, 0.3) is 0 Å². The first kappa shape index (κ1) is 12.3. The minimum absolute atomic E-state index is 0.0992. The van der Waals surface area contributed by atoms with Crippen LogP contribution in [0.1, 0.15) is 5.56 Å². The van der Waals surface area contributed by atoms with Crippen LogP contribution < -0.4 is 4.74 Å². The molecule has 0 amide bonds. The van der Waals surface area contributed by atoms with E-state index in [0.29, 0.717) is 0 Å². The fraction of sp³-hybridized carbons (Fsp3) is 0.0909. The van der Waals surface area contributed by atoms with Crippen LogP contribution in [0.25, 0.3) is 0 Å². The molecule has 0 saturated carbocycles. The average Bonchev–Trinajstić information content (AvgIpc) is 2.31. The fourth-order valence-electron chi connectivity index (χ4n) is 1.34. The fourth-order valence-corrected chi connectivity index (χ4v) is 1.48. The number of nitro groups is 1. The lowest BCUT2D eigenvalue weighted by atomic mass is 10.2. The maximum Gasteiger partial charge on any atom is 0.311 e. The lowest BCUT2D eigenvalue weighted by Gasteiger charge is -2.05. The number of nitro benzene ring substituents is 1. The Kier molecular flexibility index (Phi) is 3.38. The quantitative estimate of drug-likeness (QED) is 0.629. The monoisotopic (exact) mass is 265 g/mol. The molecule has 0 fully saturated rings. The topological polar surface area (TPSA) is 78.2 Å². The number of rotatable bonds is 3. The molecular formula is C11H8ClN3O3. The standard InChI is InChI=1S/C11H8ClN3O3/c1-7-2-3-9(8(4-7)15(16)17)18-11-6-13-5-10(12)14-11/h2-6H,1H3. The predicted octanol–water partition coefficient (Wildman–Crippen LogP) is 3.14. The molecule has 0 unspecified atom stereocenters. The van der Waals surface area contributed by atoms with Gasteiger partial charge in [0.05, 0.1) is 17.3 Å². The first-order chi connectivity index (χ1) is 8.56. The largest absolute Gasteiger partial charge is 0.430 e. The molecule has 0 bridgehead atoms. The number of ether oxygens (including phenoxy) is 1. The van der Waals surface area contributed by atoms with Gasteiger partial charge in [0.15, 0.2) is 5.15 Å². The van der Waals surface area contributed by atoms with Crippen LogP contribution in [0.2, 0.25) is 5.15 Å². The van der Waals surface area contributed by atoms with Gasteiger partial charge in [-0.1, -0.05) is 17.7 Å².